The van der Waals surface area contributed by atoms with Crippen LogP contribution in [0.5, 0.6) is 5.75 Å². The fourth-order valence-corrected chi connectivity index (χ4v) is 6.29. The second-order valence-electron chi connectivity index (χ2n) is 7.84. The maximum absolute atomic E-state index is 10.5. The Balaban J connectivity index is 1.24. The quantitative estimate of drug-likeness (QED) is 0.463. The van der Waals surface area contributed by atoms with E-state index in [0.717, 1.165) is 52.1 Å². The van der Waals surface area contributed by atoms with E-state index in [4.69, 9.17) is 9.97 Å². The van der Waals surface area contributed by atoms with Crippen molar-refractivity contribution in [1.82, 2.24) is 30.5 Å². The van der Waals surface area contributed by atoms with Crippen molar-refractivity contribution in [3.8, 4) is 27.6 Å². The van der Waals surface area contributed by atoms with E-state index in [1.807, 2.05) is 0 Å². The van der Waals surface area contributed by atoms with Crippen LogP contribution in [0.2, 0.25) is 0 Å². The molecule has 8 nitrogen and oxygen atoms in total. The van der Waals surface area contributed by atoms with Crippen molar-refractivity contribution in [2.75, 3.05) is 31.1 Å². The molecule has 0 aromatic carbocycles. The van der Waals surface area contributed by atoms with Gasteiger partial charge < -0.3 is 15.3 Å². The number of aromatic hydroxyl groups is 1. The van der Waals surface area contributed by atoms with Gasteiger partial charge in [-0.3, -0.25) is 5.10 Å². The topological polar surface area (TPSA) is 103 Å². The second kappa shape index (κ2) is 6.48. The summed E-state index contributed by atoms with van der Waals surface area (Å²) in [6.07, 6.45) is 7.76. The molecule has 4 aromatic rings. The first-order chi connectivity index (χ1) is 14.2. The number of hydrogen-bond donors (Lipinski definition) is 3. The third kappa shape index (κ3) is 2.90. The Kier molecular flexibility index (Phi) is 3.87. The molecule has 0 amide bonds. The number of nitrogens with zero attached hydrogens (tertiary/aromatic N) is 5. The fourth-order valence-electron chi connectivity index (χ4n) is 4.25. The van der Waals surface area contributed by atoms with E-state index >= 15 is 0 Å². The van der Waals surface area contributed by atoms with Gasteiger partial charge in [-0.1, -0.05) is 22.7 Å². The van der Waals surface area contributed by atoms with Gasteiger partial charge in [-0.25, -0.2) is 15.0 Å². The van der Waals surface area contributed by atoms with Gasteiger partial charge in [-0.05, 0) is 25.5 Å². The Morgan fingerprint density at radius 2 is 2.00 bits per heavy atom. The average molecular weight is 426 g/mol. The molecule has 4 aromatic heterocycles. The molecule has 3 N–H and O–H groups in total. The smallest absolute Gasteiger partial charge is 0.188 e. The van der Waals surface area contributed by atoms with Crippen molar-refractivity contribution in [2.24, 2.45) is 5.41 Å². The lowest BCUT2D eigenvalue weighted by molar-refractivity contribution is 0.157. The standard InChI is InChI=1S/C19H19N7OS2/c27-13-4-11(12-6-22-23-7-12)5-21-14(13)15-24-16-17(28-15)25-18(29-16)26-9-19(10-26)2-1-3-20-8-19/h4-7,20,27H,1-3,8-10H2,(H,22,23). The molecule has 2 aliphatic rings. The number of rotatable bonds is 3. The Hall–Kier alpha value is -2.56. The summed E-state index contributed by atoms with van der Waals surface area (Å²) in [7, 11) is 0. The van der Waals surface area contributed by atoms with Crippen molar-refractivity contribution in [3.63, 3.8) is 0 Å². The molecule has 0 atom stereocenters. The summed E-state index contributed by atoms with van der Waals surface area (Å²) in [6.45, 7) is 4.41. The van der Waals surface area contributed by atoms with Crippen LogP contribution in [0.15, 0.2) is 24.7 Å². The minimum atomic E-state index is 0.111. The van der Waals surface area contributed by atoms with Crippen molar-refractivity contribution >= 4 is 37.5 Å². The molecule has 0 unspecified atom stereocenters. The lowest BCUT2D eigenvalue weighted by Crippen LogP contribution is -2.62. The second-order valence-corrected chi connectivity index (χ2v) is 9.77. The molecule has 2 aliphatic heterocycles. The third-order valence-electron chi connectivity index (χ3n) is 5.75. The molecule has 2 saturated heterocycles. The van der Waals surface area contributed by atoms with Crippen LogP contribution < -0.4 is 10.2 Å². The predicted octanol–water partition coefficient (Wildman–Crippen LogP) is 3.10. The number of anilines is 1. The molecule has 6 rings (SSSR count). The van der Waals surface area contributed by atoms with Crippen molar-refractivity contribution in [1.29, 1.82) is 0 Å². The Morgan fingerprint density at radius 1 is 1.10 bits per heavy atom. The summed E-state index contributed by atoms with van der Waals surface area (Å²) in [5.41, 5.74) is 2.61. The molecule has 1 spiro atoms. The van der Waals surface area contributed by atoms with E-state index in [1.54, 1.807) is 36.0 Å². The number of pyridine rings is 1. The van der Waals surface area contributed by atoms with E-state index in [1.165, 1.54) is 24.2 Å². The molecule has 2 fully saturated rings. The van der Waals surface area contributed by atoms with Crippen LogP contribution in [0.3, 0.4) is 0 Å². The molecular weight excluding hydrogens is 406 g/mol. The van der Waals surface area contributed by atoms with Crippen LogP contribution in [-0.4, -0.2) is 56.4 Å². The Bertz CT molecular complexity index is 1140. The molecule has 29 heavy (non-hydrogen) atoms. The molecule has 0 aliphatic carbocycles. The van der Waals surface area contributed by atoms with Crippen LogP contribution in [-0.2, 0) is 0 Å². The van der Waals surface area contributed by atoms with Gasteiger partial charge in [0.1, 0.15) is 16.5 Å². The average Bonchev–Trinajstić information content (AvgIpc) is 3.43. The van der Waals surface area contributed by atoms with Gasteiger partial charge in [0.05, 0.1) is 6.20 Å². The summed E-state index contributed by atoms with van der Waals surface area (Å²) in [5.74, 6) is 0.111. The molecular formula is C19H19N7OS2. The van der Waals surface area contributed by atoms with Crippen LogP contribution in [0, 0.1) is 5.41 Å². The SMILES string of the molecule is Oc1cc(-c2cn[nH]c2)cnc1-c1nc2sc(N3CC4(CCCNC4)C3)nc2s1. The van der Waals surface area contributed by atoms with E-state index < -0.39 is 0 Å². The summed E-state index contributed by atoms with van der Waals surface area (Å²) in [6, 6.07) is 1.69. The first kappa shape index (κ1) is 17.3. The maximum Gasteiger partial charge on any atom is 0.188 e. The first-order valence-electron chi connectivity index (χ1n) is 9.61. The van der Waals surface area contributed by atoms with Gasteiger partial charge in [0.25, 0.3) is 0 Å². The van der Waals surface area contributed by atoms with E-state index in [-0.39, 0.29) is 5.75 Å². The predicted molar refractivity (Wildman–Crippen MR) is 115 cm³/mol. The molecule has 6 heterocycles. The lowest BCUT2D eigenvalue weighted by Gasteiger charge is -2.52. The van der Waals surface area contributed by atoms with Crippen LogP contribution in [0.4, 0.5) is 5.13 Å². The largest absolute Gasteiger partial charge is 0.506 e. The van der Waals surface area contributed by atoms with Crippen molar-refractivity contribution in [2.45, 2.75) is 12.8 Å². The van der Waals surface area contributed by atoms with Crippen LogP contribution in [0.1, 0.15) is 12.8 Å². The number of thiazole rings is 2. The fraction of sp³-hybridized carbons (Fsp3) is 0.368. The monoisotopic (exact) mass is 425 g/mol. The van der Waals surface area contributed by atoms with E-state index in [9.17, 15) is 5.11 Å². The molecule has 0 saturated carbocycles. The zero-order valence-electron chi connectivity index (χ0n) is 15.6. The number of fused-ring (bicyclic) bond motifs is 1. The van der Waals surface area contributed by atoms with Crippen molar-refractivity contribution < 1.29 is 5.11 Å². The number of hydrogen-bond acceptors (Lipinski definition) is 9. The molecule has 0 radical (unpaired) electrons. The van der Waals surface area contributed by atoms with E-state index in [2.05, 4.69) is 25.4 Å². The maximum atomic E-state index is 10.5. The number of aromatic amines is 1. The third-order valence-corrected chi connectivity index (χ3v) is 7.85. The minimum absolute atomic E-state index is 0.111. The minimum Gasteiger partial charge on any atom is -0.506 e. The van der Waals surface area contributed by atoms with Gasteiger partial charge in [-0.2, -0.15) is 5.10 Å². The summed E-state index contributed by atoms with van der Waals surface area (Å²) < 4.78 is 0. The zero-order chi connectivity index (χ0) is 19.4. The molecule has 148 valence electrons. The van der Waals surface area contributed by atoms with Gasteiger partial charge in [0.2, 0.25) is 0 Å². The van der Waals surface area contributed by atoms with Gasteiger partial charge >= 0.3 is 0 Å². The number of aromatic nitrogens is 5. The van der Waals surface area contributed by atoms with Crippen LogP contribution >= 0.6 is 22.7 Å². The Labute approximate surface area is 174 Å². The van der Waals surface area contributed by atoms with Crippen molar-refractivity contribution in [3.05, 3.63) is 24.7 Å². The summed E-state index contributed by atoms with van der Waals surface area (Å²) >= 11 is 3.10. The first-order valence-corrected chi connectivity index (χ1v) is 11.2. The van der Waals surface area contributed by atoms with Gasteiger partial charge in [0.15, 0.2) is 14.8 Å². The highest BCUT2D eigenvalue weighted by atomic mass is 32.1. The lowest BCUT2D eigenvalue weighted by atomic mass is 9.74. The molecule has 10 heteroatoms. The zero-order valence-corrected chi connectivity index (χ0v) is 17.2. The van der Waals surface area contributed by atoms with Crippen LogP contribution in [0.25, 0.3) is 31.5 Å². The van der Waals surface area contributed by atoms with Gasteiger partial charge in [0, 0.05) is 48.6 Å². The highest BCUT2D eigenvalue weighted by Gasteiger charge is 2.44. The number of H-pyrrole nitrogens is 1. The highest BCUT2D eigenvalue weighted by molar-refractivity contribution is 7.29. The molecule has 0 bridgehead atoms. The summed E-state index contributed by atoms with van der Waals surface area (Å²) in [4.78, 5) is 18.1. The van der Waals surface area contributed by atoms with Gasteiger partial charge in [-0.15, -0.1) is 0 Å². The highest BCUT2D eigenvalue weighted by Crippen LogP contribution is 2.44. The Morgan fingerprint density at radius 3 is 2.72 bits per heavy atom. The number of nitrogens with one attached hydrogen (secondary N) is 2. The van der Waals surface area contributed by atoms with E-state index in [0.29, 0.717) is 16.1 Å². The normalized spacial score (nSPS) is 18.4. The summed E-state index contributed by atoms with van der Waals surface area (Å²) in [5, 5.41) is 22.4. The number of piperidine rings is 1.